The van der Waals surface area contributed by atoms with E-state index in [1.807, 2.05) is 12.1 Å². The third-order valence-electron chi connectivity index (χ3n) is 4.69. The lowest BCUT2D eigenvalue weighted by Gasteiger charge is -2.14. The van der Waals surface area contributed by atoms with Gasteiger partial charge < -0.3 is 14.2 Å². The van der Waals surface area contributed by atoms with Gasteiger partial charge in [-0.15, -0.1) is 0 Å². The van der Waals surface area contributed by atoms with Crippen molar-refractivity contribution < 1.29 is 37.0 Å². The fraction of sp³-hybridized carbons (Fsp3) is 0.148. The average Bonchev–Trinajstić information content (AvgIpc) is 2.91. The molecule has 1 unspecified atom stereocenters. The molecule has 0 fully saturated rings. The summed E-state index contributed by atoms with van der Waals surface area (Å²) in [4.78, 5) is 34.6. The molecule has 0 aromatic heterocycles. The van der Waals surface area contributed by atoms with Gasteiger partial charge >= 0.3 is 17.9 Å². The van der Waals surface area contributed by atoms with Gasteiger partial charge in [0.05, 0.1) is 6.61 Å². The van der Waals surface area contributed by atoms with Crippen LogP contribution in [-0.2, 0) is 70.3 Å². The van der Waals surface area contributed by atoms with E-state index >= 15 is 0 Å². The highest BCUT2D eigenvalue weighted by molar-refractivity contribution is 7.83. The van der Waals surface area contributed by atoms with Gasteiger partial charge in [-0.3, -0.25) is 4.18 Å². The van der Waals surface area contributed by atoms with Crippen LogP contribution in [0.5, 0.6) is 0 Å². The summed E-state index contributed by atoms with van der Waals surface area (Å²) in [5, 5.41) is 1.16. The molecule has 2 aromatic carbocycles. The van der Waals surface area contributed by atoms with Crippen LogP contribution in [0.15, 0.2) is 86.4 Å². The van der Waals surface area contributed by atoms with Gasteiger partial charge in [-0.05, 0) is 57.6 Å². The van der Waals surface area contributed by atoms with Crippen LogP contribution in [0.3, 0.4) is 0 Å². The van der Waals surface area contributed by atoms with Crippen LogP contribution in [-0.4, -0.2) is 22.1 Å². The fourth-order valence-corrected chi connectivity index (χ4v) is 3.32. The molecule has 2 aromatic rings. The van der Waals surface area contributed by atoms with E-state index in [1.54, 1.807) is 24.3 Å². The van der Waals surface area contributed by atoms with E-state index in [2.05, 4.69) is 26.3 Å². The Morgan fingerprint density at radius 2 is 1.19 bits per heavy atom. The van der Waals surface area contributed by atoms with Gasteiger partial charge in [0.2, 0.25) is 0 Å². The summed E-state index contributed by atoms with van der Waals surface area (Å²) in [6.07, 6.45) is 3.19. The van der Waals surface area contributed by atoms with Crippen molar-refractivity contribution in [3.63, 3.8) is 0 Å². The first-order valence-corrected chi connectivity index (χ1v) is 11.7. The Morgan fingerprint density at radius 3 is 1.69 bits per heavy atom. The molecular formula is C27H26O8S. The molecular weight excluding hydrogens is 484 g/mol. The van der Waals surface area contributed by atoms with Crippen LogP contribution < -0.4 is 0 Å². The van der Waals surface area contributed by atoms with Crippen molar-refractivity contribution >= 4 is 29.0 Å². The highest BCUT2D eigenvalue weighted by Crippen LogP contribution is 2.27. The summed E-state index contributed by atoms with van der Waals surface area (Å²) in [6.45, 7) is 13.5. The minimum Gasteiger partial charge on any atom is -0.458 e. The minimum absolute atomic E-state index is 0.0228. The zero-order valence-corrected chi connectivity index (χ0v) is 20.4. The first-order valence-electron chi connectivity index (χ1n) is 10.6. The third kappa shape index (κ3) is 8.94. The van der Waals surface area contributed by atoms with Crippen LogP contribution in [0.1, 0.15) is 22.3 Å². The highest BCUT2D eigenvalue weighted by Gasteiger charge is 2.12. The molecule has 1 atom stereocenters. The van der Waals surface area contributed by atoms with E-state index in [9.17, 15) is 18.6 Å². The Bertz CT molecular complexity index is 1160. The number of ether oxygens (including phenoxy) is 3. The zero-order valence-electron chi connectivity index (χ0n) is 19.6. The summed E-state index contributed by atoms with van der Waals surface area (Å²) in [6, 6.07) is 10.7. The van der Waals surface area contributed by atoms with Crippen LogP contribution in [0, 0.1) is 0 Å². The fourth-order valence-electron chi connectivity index (χ4n) is 2.98. The molecule has 0 amide bonds. The summed E-state index contributed by atoms with van der Waals surface area (Å²) in [7, 11) is 0. The predicted molar refractivity (Wildman–Crippen MR) is 135 cm³/mol. The van der Waals surface area contributed by atoms with E-state index in [0.29, 0.717) is 22.3 Å². The monoisotopic (exact) mass is 510 g/mol. The molecule has 0 radical (unpaired) electrons. The summed E-state index contributed by atoms with van der Waals surface area (Å²) >= 11 is -1.70. The smallest absolute Gasteiger partial charge is 0.330 e. The average molecular weight is 511 g/mol. The molecule has 8 nitrogen and oxygen atoms in total. The summed E-state index contributed by atoms with van der Waals surface area (Å²) in [5.74, 6) is -1.73. The number of hydrogen-bond donors (Lipinski definition) is 0. The molecule has 0 heterocycles. The van der Waals surface area contributed by atoms with E-state index in [-0.39, 0.29) is 26.4 Å². The molecule has 0 N–H and O–H groups in total. The van der Waals surface area contributed by atoms with Gasteiger partial charge in [-0.25, -0.2) is 18.6 Å². The minimum atomic E-state index is -1.70. The van der Waals surface area contributed by atoms with Gasteiger partial charge in [-0.1, -0.05) is 38.4 Å². The molecule has 0 aliphatic heterocycles. The van der Waals surface area contributed by atoms with Crippen molar-refractivity contribution in [1.29, 1.82) is 0 Å². The van der Waals surface area contributed by atoms with E-state index < -0.39 is 29.0 Å². The number of carbonyl (C=O) groups is 3. The molecule has 0 aliphatic rings. The molecule has 0 saturated carbocycles. The summed E-state index contributed by atoms with van der Waals surface area (Å²) in [5.41, 5.74) is 4.05. The van der Waals surface area contributed by atoms with Gasteiger partial charge in [0, 0.05) is 23.6 Å². The maximum absolute atomic E-state index is 11.7. The second-order valence-corrected chi connectivity index (χ2v) is 8.24. The molecule has 9 heteroatoms. The maximum atomic E-state index is 11.7. The Morgan fingerprint density at radius 1 is 0.667 bits per heavy atom. The molecule has 0 bridgehead atoms. The molecule has 0 saturated heterocycles. The SMILES string of the molecule is C=CC(=O)OCc1cc(COC(=O)C=C)cc(-c2ccc(COC(=O)C=C)c(COS(=O)C=C)c2)c1. The lowest BCUT2D eigenvalue weighted by Crippen LogP contribution is -2.05. The lowest BCUT2D eigenvalue weighted by molar-refractivity contribution is -0.139. The second kappa shape index (κ2) is 14.3. The van der Waals surface area contributed by atoms with Gasteiger partial charge in [0.25, 0.3) is 0 Å². The van der Waals surface area contributed by atoms with Gasteiger partial charge in [0.1, 0.15) is 19.8 Å². The number of rotatable bonds is 14. The standard InChI is InChI=1S/C27H26O8S/c1-5-25(28)32-15-19-11-20(16-33-26(29)6-2)13-23(12-19)21-9-10-22(17-34-27(30)7-3)24(14-21)18-35-36(31)8-4/h5-14H,1-4,15-18H2. The van der Waals surface area contributed by atoms with Crippen molar-refractivity contribution in [2.45, 2.75) is 26.4 Å². The molecule has 0 aliphatic carbocycles. The normalized spacial score (nSPS) is 11.0. The van der Waals surface area contributed by atoms with Crippen molar-refractivity contribution in [1.82, 2.24) is 0 Å². The van der Waals surface area contributed by atoms with Crippen LogP contribution >= 0.6 is 0 Å². The van der Waals surface area contributed by atoms with Crippen molar-refractivity contribution in [3.05, 3.63) is 109 Å². The maximum Gasteiger partial charge on any atom is 0.330 e. The van der Waals surface area contributed by atoms with E-state index in [4.69, 9.17) is 18.4 Å². The Labute approximate surface area is 212 Å². The molecule has 36 heavy (non-hydrogen) atoms. The predicted octanol–water partition coefficient (Wildman–Crippen LogP) is 4.37. The Kier molecular flexibility index (Phi) is 11.2. The first-order chi connectivity index (χ1) is 17.3. The van der Waals surface area contributed by atoms with E-state index in [0.717, 1.165) is 34.8 Å². The Hall–Kier alpha value is -4.08. The van der Waals surface area contributed by atoms with Crippen LogP contribution in [0.2, 0.25) is 0 Å². The Balaban J connectivity index is 2.45. The van der Waals surface area contributed by atoms with Crippen molar-refractivity contribution in [2.24, 2.45) is 0 Å². The van der Waals surface area contributed by atoms with Crippen molar-refractivity contribution in [3.8, 4) is 11.1 Å². The summed E-state index contributed by atoms with van der Waals surface area (Å²) < 4.78 is 32.5. The topological polar surface area (TPSA) is 105 Å². The second-order valence-electron chi connectivity index (χ2n) is 7.15. The number of hydrogen-bond acceptors (Lipinski definition) is 8. The van der Waals surface area contributed by atoms with E-state index in [1.165, 1.54) is 0 Å². The number of esters is 3. The first kappa shape index (κ1) is 28.2. The van der Waals surface area contributed by atoms with Crippen LogP contribution in [0.4, 0.5) is 0 Å². The van der Waals surface area contributed by atoms with Crippen LogP contribution in [0.25, 0.3) is 11.1 Å². The number of carbonyl (C=O) groups excluding carboxylic acids is 3. The molecule has 188 valence electrons. The van der Waals surface area contributed by atoms with Gasteiger partial charge in [0.15, 0.2) is 11.1 Å². The van der Waals surface area contributed by atoms with Gasteiger partial charge in [-0.2, -0.15) is 0 Å². The van der Waals surface area contributed by atoms with Crippen molar-refractivity contribution in [2.75, 3.05) is 0 Å². The zero-order chi connectivity index (χ0) is 26.5. The molecule has 0 spiro atoms. The quantitative estimate of drug-likeness (QED) is 0.210. The lowest BCUT2D eigenvalue weighted by atomic mass is 9.96. The largest absolute Gasteiger partial charge is 0.458 e. The molecule has 2 rings (SSSR count). The third-order valence-corrected chi connectivity index (χ3v) is 5.31. The number of benzene rings is 2. The highest BCUT2D eigenvalue weighted by atomic mass is 32.2.